The molecule has 0 aromatic carbocycles. The SMILES string of the molecule is Cc1c(C#N)nnc(N2CCc3ncc(Br)cc3C2)c1C. The largest absolute Gasteiger partial charge is 0.350 e. The van der Waals surface area contributed by atoms with E-state index in [4.69, 9.17) is 5.26 Å². The van der Waals surface area contributed by atoms with Crippen LogP contribution < -0.4 is 4.90 Å². The van der Waals surface area contributed by atoms with Crippen molar-refractivity contribution >= 4 is 21.7 Å². The number of pyridine rings is 1. The second-order valence-electron chi connectivity index (χ2n) is 5.16. The van der Waals surface area contributed by atoms with Gasteiger partial charge in [-0.15, -0.1) is 10.2 Å². The molecule has 0 unspecified atom stereocenters. The Labute approximate surface area is 131 Å². The average Bonchev–Trinajstić information content (AvgIpc) is 2.49. The molecule has 6 heteroatoms. The summed E-state index contributed by atoms with van der Waals surface area (Å²) in [5.74, 6) is 0.858. The van der Waals surface area contributed by atoms with Gasteiger partial charge in [-0.1, -0.05) is 0 Å². The van der Waals surface area contributed by atoms with Crippen LogP contribution in [0.2, 0.25) is 0 Å². The fraction of sp³-hybridized carbons (Fsp3) is 0.333. The number of anilines is 1. The second kappa shape index (κ2) is 5.41. The average molecular weight is 344 g/mol. The summed E-state index contributed by atoms with van der Waals surface area (Å²) in [5, 5.41) is 17.3. The molecule has 0 fully saturated rings. The second-order valence-corrected chi connectivity index (χ2v) is 6.08. The Bertz CT molecular complexity index is 750. The van der Waals surface area contributed by atoms with Gasteiger partial charge in [-0.05, 0) is 52.5 Å². The first-order valence-electron chi connectivity index (χ1n) is 6.72. The van der Waals surface area contributed by atoms with Crippen LogP contribution in [0.5, 0.6) is 0 Å². The van der Waals surface area contributed by atoms with E-state index in [1.165, 1.54) is 5.56 Å². The molecule has 106 valence electrons. The van der Waals surface area contributed by atoms with E-state index in [0.29, 0.717) is 5.69 Å². The zero-order valence-corrected chi connectivity index (χ0v) is 13.5. The van der Waals surface area contributed by atoms with Crippen LogP contribution in [0.25, 0.3) is 0 Å². The van der Waals surface area contributed by atoms with Crippen LogP contribution in [-0.2, 0) is 13.0 Å². The molecule has 0 amide bonds. The Morgan fingerprint density at radius 1 is 1.29 bits per heavy atom. The third-order valence-corrected chi connectivity index (χ3v) is 4.34. The molecule has 1 aliphatic rings. The number of nitrogens with zero attached hydrogens (tertiary/aromatic N) is 5. The molecule has 0 bridgehead atoms. The maximum absolute atomic E-state index is 9.03. The third-order valence-electron chi connectivity index (χ3n) is 3.91. The van der Waals surface area contributed by atoms with Crippen molar-refractivity contribution in [3.05, 3.63) is 44.8 Å². The summed E-state index contributed by atoms with van der Waals surface area (Å²) in [6.45, 7) is 5.54. The number of rotatable bonds is 1. The maximum atomic E-state index is 9.03. The minimum absolute atomic E-state index is 0.401. The van der Waals surface area contributed by atoms with Gasteiger partial charge >= 0.3 is 0 Å². The van der Waals surface area contributed by atoms with Gasteiger partial charge in [0.2, 0.25) is 0 Å². The predicted molar refractivity (Wildman–Crippen MR) is 82.9 cm³/mol. The lowest BCUT2D eigenvalue weighted by atomic mass is 10.0. The summed E-state index contributed by atoms with van der Waals surface area (Å²) < 4.78 is 0.988. The van der Waals surface area contributed by atoms with E-state index in [1.807, 2.05) is 20.0 Å². The molecule has 0 aliphatic carbocycles. The van der Waals surface area contributed by atoms with Crippen molar-refractivity contribution in [1.29, 1.82) is 5.26 Å². The van der Waals surface area contributed by atoms with E-state index in [9.17, 15) is 0 Å². The molecule has 5 nitrogen and oxygen atoms in total. The first-order valence-corrected chi connectivity index (χ1v) is 7.51. The van der Waals surface area contributed by atoms with Crippen LogP contribution in [0.4, 0.5) is 5.82 Å². The van der Waals surface area contributed by atoms with E-state index in [-0.39, 0.29) is 0 Å². The van der Waals surface area contributed by atoms with Crippen LogP contribution in [0.1, 0.15) is 28.1 Å². The minimum atomic E-state index is 0.401. The monoisotopic (exact) mass is 343 g/mol. The summed E-state index contributed by atoms with van der Waals surface area (Å²) in [6.07, 6.45) is 2.73. The zero-order valence-electron chi connectivity index (χ0n) is 11.9. The van der Waals surface area contributed by atoms with Gasteiger partial charge in [-0.3, -0.25) is 4.98 Å². The molecular formula is C15H14BrN5. The standard InChI is InChI=1S/C15H14BrN5/c1-9-10(2)15(20-19-14(9)6-17)21-4-3-13-11(8-21)5-12(16)7-18-13/h5,7H,3-4,8H2,1-2H3. The molecule has 2 aromatic rings. The van der Waals surface area contributed by atoms with Crippen molar-refractivity contribution in [2.45, 2.75) is 26.8 Å². The molecule has 0 atom stereocenters. The van der Waals surface area contributed by atoms with E-state index in [2.05, 4.69) is 48.1 Å². The molecule has 0 N–H and O–H groups in total. The smallest absolute Gasteiger partial charge is 0.166 e. The summed E-state index contributed by atoms with van der Waals surface area (Å²) >= 11 is 3.47. The fourth-order valence-electron chi connectivity index (χ4n) is 2.58. The highest BCUT2D eigenvalue weighted by Crippen LogP contribution is 2.27. The Hall–Kier alpha value is -2.00. The van der Waals surface area contributed by atoms with Crippen molar-refractivity contribution in [2.75, 3.05) is 11.4 Å². The van der Waals surface area contributed by atoms with Gasteiger partial charge in [-0.2, -0.15) is 5.26 Å². The van der Waals surface area contributed by atoms with Gasteiger partial charge in [-0.25, -0.2) is 0 Å². The van der Waals surface area contributed by atoms with Crippen LogP contribution >= 0.6 is 15.9 Å². The highest BCUT2D eigenvalue weighted by atomic mass is 79.9. The Morgan fingerprint density at radius 2 is 2.10 bits per heavy atom. The molecule has 3 heterocycles. The molecule has 0 saturated carbocycles. The highest BCUT2D eigenvalue weighted by Gasteiger charge is 2.21. The Kier molecular flexibility index (Phi) is 3.60. The summed E-state index contributed by atoms with van der Waals surface area (Å²) in [6, 6.07) is 4.19. The predicted octanol–water partition coefficient (Wildman–Crippen LogP) is 2.69. The van der Waals surface area contributed by atoms with Gasteiger partial charge in [0.15, 0.2) is 11.5 Å². The number of halogens is 1. The van der Waals surface area contributed by atoms with Gasteiger partial charge in [0, 0.05) is 35.9 Å². The third kappa shape index (κ3) is 2.49. The quantitative estimate of drug-likeness (QED) is 0.796. The van der Waals surface area contributed by atoms with Gasteiger partial charge in [0.25, 0.3) is 0 Å². The number of aromatic nitrogens is 3. The van der Waals surface area contributed by atoms with Crippen LogP contribution in [0, 0.1) is 25.2 Å². The van der Waals surface area contributed by atoms with E-state index >= 15 is 0 Å². The Morgan fingerprint density at radius 3 is 2.86 bits per heavy atom. The van der Waals surface area contributed by atoms with E-state index in [1.54, 1.807) is 0 Å². The summed E-state index contributed by atoms with van der Waals surface area (Å²) in [4.78, 5) is 6.66. The molecule has 3 rings (SSSR count). The van der Waals surface area contributed by atoms with Gasteiger partial charge in [0.1, 0.15) is 6.07 Å². The first-order chi connectivity index (χ1) is 10.1. The van der Waals surface area contributed by atoms with Crippen molar-refractivity contribution in [3.8, 4) is 6.07 Å². The molecule has 2 aromatic heterocycles. The summed E-state index contributed by atoms with van der Waals surface area (Å²) in [7, 11) is 0. The molecule has 21 heavy (non-hydrogen) atoms. The van der Waals surface area contributed by atoms with Gasteiger partial charge in [0.05, 0.1) is 0 Å². The summed E-state index contributed by atoms with van der Waals surface area (Å²) in [5.41, 5.74) is 4.68. The van der Waals surface area contributed by atoms with Crippen molar-refractivity contribution in [3.63, 3.8) is 0 Å². The van der Waals surface area contributed by atoms with Crippen LogP contribution in [0.3, 0.4) is 0 Å². The Balaban J connectivity index is 1.97. The molecule has 1 aliphatic heterocycles. The number of nitriles is 1. The van der Waals surface area contributed by atoms with Crippen molar-refractivity contribution in [1.82, 2.24) is 15.2 Å². The van der Waals surface area contributed by atoms with E-state index in [0.717, 1.165) is 46.6 Å². The van der Waals surface area contributed by atoms with Gasteiger partial charge < -0.3 is 4.90 Å². The van der Waals surface area contributed by atoms with Crippen molar-refractivity contribution < 1.29 is 0 Å². The molecule has 0 saturated heterocycles. The number of hydrogen-bond donors (Lipinski definition) is 0. The minimum Gasteiger partial charge on any atom is -0.350 e. The van der Waals surface area contributed by atoms with Crippen LogP contribution in [-0.4, -0.2) is 21.7 Å². The highest BCUT2D eigenvalue weighted by molar-refractivity contribution is 9.10. The number of hydrogen-bond acceptors (Lipinski definition) is 5. The van der Waals surface area contributed by atoms with E-state index < -0.39 is 0 Å². The normalized spacial score (nSPS) is 13.7. The fourth-order valence-corrected chi connectivity index (χ4v) is 2.96. The maximum Gasteiger partial charge on any atom is 0.166 e. The lowest BCUT2D eigenvalue weighted by molar-refractivity contribution is 0.691. The first kappa shape index (κ1) is 14.0. The lowest BCUT2D eigenvalue weighted by Gasteiger charge is -2.30. The zero-order chi connectivity index (χ0) is 15.0. The number of fused-ring (bicyclic) bond motifs is 1. The topological polar surface area (TPSA) is 65.7 Å². The van der Waals surface area contributed by atoms with Crippen molar-refractivity contribution in [2.24, 2.45) is 0 Å². The van der Waals surface area contributed by atoms with Crippen LogP contribution in [0.15, 0.2) is 16.7 Å². The molecule has 0 radical (unpaired) electrons. The molecular weight excluding hydrogens is 330 g/mol. The molecule has 0 spiro atoms. The lowest BCUT2D eigenvalue weighted by Crippen LogP contribution is -2.32.